The van der Waals surface area contributed by atoms with Crippen molar-refractivity contribution in [3.63, 3.8) is 0 Å². The van der Waals surface area contributed by atoms with Gasteiger partial charge in [-0.2, -0.15) is 0 Å². The first kappa shape index (κ1) is 12.7. The van der Waals surface area contributed by atoms with Crippen LogP contribution in [0.5, 0.6) is 0 Å². The van der Waals surface area contributed by atoms with E-state index in [1.165, 1.54) is 0 Å². The summed E-state index contributed by atoms with van der Waals surface area (Å²) in [6.07, 6.45) is 0.868. The molecule has 2 N–H and O–H groups in total. The van der Waals surface area contributed by atoms with Gasteiger partial charge in [0.05, 0.1) is 12.2 Å². The predicted molar refractivity (Wildman–Crippen MR) is 78.3 cm³/mol. The molecule has 4 heteroatoms. The second kappa shape index (κ2) is 4.96. The molecule has 0 spiro atoms. The first-order chi connectivity index (χ1) is 9.63. The van der Waals surface area contributed by atoms with Crippen molar-refractivity contribution in [2.75, 3.05) is 12.3 Å². The Morgan fingerprint density at radius 2 is 2.15 bits per heavy atom. The van der Waals surface area contributed by atoms with E-state index in [9.17, 15) is 4.79 Å². The molecule has 0 atom stereocenters. The Balaban J connectivity index is 1.85. The van der Waals surface area contributed by atoms with E-state index >= 15 is 0 Å². The van der Waals surface area contributed by atoms with Crippen LogP contribution in [0.25, 0.3) is 0 Å². The van der Waals surface area contributed by atoms with Crippen LogP contribution in [0, 0.1) is 6.92 Å². The highest BCUT2D eigenvalue weighted by Gasteiger charge is 2.24. The number of fused-ring (bicyclic) bond motifs is 1. The third kappa shape index (κ3) is 2.37. The second-order valence-electron chi connectivity index (χ2n) is 5.16. The number of hydrogen-bond donors (Lipinski definition) is 1. The van der Waals surface area contributed by atoms with E-state index in [1.54, 1.807) is 6.07 Å². The average Bonchev–Trinajstić information content (AvgIpc) is 2.43. The number of benzene rings is 1. The van der Waals surface area contributed by atoms with Crippen molar-refractivity contribution in [3.8, 4) is 0 Å². The summed E-state index contributed by atoms with van der Waals surface area (Å²) in [5, 5.41) is 0. The van der Waals surface area contributed by atoms with Crippen molar-refractivity contribution in [1.82, 2.24) is 9.88 Å². The molecule has 1 amide bonds. The monoisotopic (exact) mass is 267 g/mol. The van der Waals surface area contributed by atoms with Gasteiger partial charge in [0.1, 0.15) is 0 Å². The molecular weight excluding hydrogens is 250 g/mol. The lowest BCUT2D eigenvalue weighted by Crippen LogP contribution is -2.37. The van der Waals surface area contributed by atoms with Gasteiger partial charge >= 0.3 is 0 Å². The number of anilines is 1. The number of rotatable bonds is 2. The summed E-state index contributed by atoms with van der Waals surface area (Å²) in [6.45, 7) is 3.23. The normalized spacial score (nSPS) is 14.2. The zero-order chi connectivity index (χ0) is 14.1. The molecule has 0 saturated heterocycles. The van der Waals surface area contributed by atoms with Crippen molar-refractivity contribution in [1.29, 1.82) is 0 Å². The fraction of sp³-hybridized carbons (Fsp3) is 0.250. The zero-order valence-electron chi connectivity index (χ0n) is 11.5. The van der Waals surface area contributed by atoms with Gasteiger partial charge in [0.2, 0.25) is 0 Å². The number of amides is 1. The van der Waals surface area contributed by atoms with Gasteiger partial charge in [0.25, 0.3) is 5.91 Å². The maximum atomic E-state index is 12.5. The topological polar surface area (TPSA) is 59.2 Å². The van der Waals surface area contributed by atoms with Crippen LogP contribution >= 0.6 is 0 Å². The van der Waals surface area contributed by atoms with Crippen LogP contribution in [0.3, 0.4) is 0 Å². The van der Waals surface area contributed by atoms with Crippen LogP contribution in [0.15, 0.2) is 36.4 Å². The van der Waals surface area contributed by atoms with E-state index in [1.807, 2.05) is 42.2 Å². The summed E-state index contributed by atoms with van der Waals surface area (Å²) in [7, 11) is 0. The molecule has 2 aromatic rings. The van der Waals surface area contributed by atoms with E-state index in [2.05, 4.69) is 4.98 Å². The number of carbonyl (C=O) groups excluding carboxylic acids is 1. The maximum absolute atomic E-state index is 12.5. The number of nitrogens with two attached hydrogens (primary N) is 1. The van der Waals surface area contributed by atoms with Crippen molar-refractivity contribution in [2.24, 2.45) is 0 Å². The van der Waals surface area contributed by atoms with Gasteiger partial charge < -0.3 is 10.6 Å². The number of pyridine rings is 1. The van der Waals surface area contributed by atoms with Crippen molar-refractivity contribution < 1.29 is 4.79 Å². The Kier molecular flexibility index (Phi) is 3.14. The number of nitrogens with zero attached hydrogens (tertiary/aromatic N) is 2. The fourth-order valence-corrected chi connectivity index (χ4v) is 2.57. The molecule has 102 valence electrons. The lowest BCUT2D eigenvalue weighted by molar-refractivity contribution is 0.0725. The molecule has 0 unspecified atom stereocenters. The Morgan fingerprint density at radius 3 is 2.95 bits per heavy atom. The Labute approximate surface area is 118 Å². The van der Waals surface area contributed by atoms with E-state index in [0.717, 1.165) is 35.5 Å². The smallest absolute Gasteiger partial charge is 0.254 e. The second-order valence-corrected chi connectivity index (χ2v) is 5.16. The van der Waals surface area contributed by atoms with Gasteiger partial charge in [-0.15, -0.1) is 0 Å². The summed E-state index contributed by atoms with van der Waals surface area (Å²) in [5.74, 6) is 0.0434. The zero-order valence-corrected chi connectivity index (χ0v) is 11.5. The molecule has 1 aliphatic rings. The summed E-state index contributed by atoms with van der Waals surface area (Å²) in [6, 6.07) is 11.5. The van der Waals surface area contributed by atoms with E-state index in [-0.39, 0.29) is 5.91 Å². The van der Waals surface area contributed by atoms with E-state index < -0.39 is 0 Å². The highest BCUT2D eigenvalue weighted by Crippen LogP contribution is 2.22. The number of aryl methyl sites for hydroxylation is 1. The van der Waals surface area contributed by atoms with E-state index in [0.29, 0.717) is 12.2 Å². The Morgan fingerprint density at radius 1 is 1.30 bits per heavy atom. The standard InChI is InChI=1S/C16H17N3O/c1-11-3-2-4-14(18-11)10-19-8-7-12-5-6-13(17)9-15(12)16(19)20/h2-6,9H,7-8,10,17H2,1H3. The van der Waals surface area contributed by atoms with Crippen LogP contribution < -0.4 is 5.73 Å². The maximum Gasteiger partial charge on any atom is 0.254 e. The third-order valence-corrected chi connectivity index (χ3v) is 3.60. The van der Waals surface area contributed by atoms with Gasteiger partial charge in [-0.05, 0) is 43.2 Å². The van der Waals surface area contributed by atoms with Gasteiger partial charge in [-0.1, -0.05) is 12.1 Å². The molecule has 0 aliphatic carbocycles. The highest BCUT2D eigenvalue weighted by molar-refractivity contribution is 5.97. The minimum Gasteiger partial charge on any atom is -0.399 e. The molecule has 0 radical (unpaired) electrons. The van der Waals surface area contributed by atoms with E-state index in [4.69, 9.17) is 5.73 Å². The first-order valence-corrected chi connectivity index (χ1v) is 6.74. The van der Waals surface area contributed by atoms with Gasteiger partial charge in [0, 0.05) is 23.5 Å². The van der Waals surface area contributed by atoms with Gasteiger partial charge in [-0.25, -0.2) is 0 Å². The Hall–Kier alpha value is -2.36. The van der Waals surface area contributed by atoms with Crippen LogP contribution in [0.2, 0.25) is 0 Å². The molecule has 2 heterocycles. The largest absolute Gasteiger partial charge is 0.399 e. The molecule has 1 aromatic carbocycles. The van der Waals surface area contributed by atoms with Crippen molar-refractivity contribution in [2.45, 2.75) is 19.9 Å². The SMILES string of the molecule is Cc1cccc(CN2CCc3ccc(N)cc3C2=O)n1. The summed E-state index contributed by atoms with van der Waals surface area (Å²) >= 11 is 0. The minimum absolute atomic E-state index is 0.0434. The molecule has 0 saturated carbocycles. The third-order valence-electron chi connectivity index (χ3n) is 3.60. The van der Waals surface area contributed by atoms with Crippen LogP contribution in [-0.4, -0.2) is 22.3 Å². The van der Waals surface area contributed by atoms with Crippen molar-refractivity contribution >= 4 is 11.6 Å². The number of aromatic nitrogens is 1. The van der Waals surface area contributed by atoms with Gasteiger partial charge in [0.15, 0.2) is 0 Å². The van der Waals surface area contributed by atoms with Gasteiger partial charge in [-0.3, -0.25) is 9.78 Å². The lowest BCUT2D eigenvalue weighted by atomic mass is 9.98. The summed E-state index contributed by atoms with van der Waals surface area (Å²) < 4.78 is 0. The fourth-order valence-electron chi connectivity index (χ4n) is 2.57. The average molecular weight is 267 g/mol. The summed E-state index contributed by atoms with van der Waals surface area (Å²) in [4.78, 5) is 18.8. The molecule has 0 fully saturated rings. The Bertz CT molecular complexity index is 667. The molecule has 1 aliphatic heterocycles. The molecule has 4 nitrogen and oxygen atoms in total. The molecule has 0 bridgehead atoms. The quantitative estimate of drug-likeness (QED) is 0.848. The van der Waals surface area contributed by atoms with Crippen molar-refractivity contribution in [3.05, 3.63) is 58.9 Å². The number of carbonyl (C=O) groups is 1. The molecular formula is C16H17N3O. The van der Waals surface area contributed by atoms with Crippen LogP contribution in [0.1, 0.15) is 27.3 Å². The summed E-state index contributed by atoms with van der Waals surface area (Å²) in [5.41, 5.74) is 10.1. The van der Waals surface area contributed by atoms with Crippen LogP contribution in [-0.2, 0) is 13.0 Å². The predicted octanol–water partition coefficient (Wildman–Crippen LogP) is 2.17. The first-order valence-electron chi connectivity index (χ1n) is 6.74. The van der Waals surface area contributed by atoms with Crippen LogP contribution in [0.4, 0.5) is 5.69 Å². The minimum atomic E-state index is 0.0434. The number of hydrogen-bond acceptors (Lipinski definition) is 3. The lowest BCUT2D eigenvalue weighted by Gasteiger charge is -2.28. The molecule has 1 aromatic heterocycles. The molecule has 3 rings (SSSR count). The number of nitrogen functional groups attached to an aromatic ring is 1. The molecule has 20 heavy (non-hydrogen) atoms. The highest BCUT2D eigenvalue weighted by atomic mass is 16.2.